The Morgan fingerprint density at radius 2 is 2.20 bits per heavy atom. The molecule has 0 aliphatic rings. The van der Waals surface area contributed by atoms with Crippen LogP contribution in [0, 0.1) is 12.8 Å². The summed E-state index contributed by atoms with van der Waals surface area (Å²) in [5.41, 5.74) is 0.541. The SMILES string of the molecule is Cc1nnc(NC(=O)c2cccc(OCC(C)C)c2)s1. The summed E-state index contributed by atoms with van der Waals surface area (Å²) in [6.45, 7) is 6.62. The van der Waals surface area contributed by atoms with Gasteiger partial charge in [-0.1, -0.05) is 31.3 Å². The van der Waals surface area contributed by atoms with Gasteiger partial charge in [-0.3, -0.25) is 10.1 Å². The average Bonchev–Trinajstić information content (AvgIpc) is 2.82. The molecule has 1 amide bonds. The van der Waals surface area contributed by atoms with Gasteiger partial charge in [-0.15, -0.1) is 10.2 Å². The van der Waals surface area contributed by atoms with Crippen molar-refractivity contribution < 1.29 is 9.53 Å². The number of hydrogen-bond donors (Lipinski definition) is 1. The molecule has 1 heterocycles. The van der Waals surface area contributed by atoms with Crippen LogP contribution in [-0.2, 0) is 0 Å². The third kappa shape index (κ3) is 4.03. The summed E-state index contributed by atoms with van der Waals surface area (Å²) >= 11 is 1.34. The smallest absolute Gasteiger partial charge is 0.257 e. The minimum atomic E-state index is -0.212. The predicted molar refractivity (Wildman–Crippen MR) is 79.4 cm³/mol. The maximum Gasteiger partial charge on any atom is 0.257 e. The summed E-state index contributed by atoms with van der Waals surface area (Å²) in [5.74, 6) is 0.924. The molecule has 0 saturated heterocycles. The van der Waals surface area contributed by atoms with E-state index in [4.69, 9.17) is 4.74 Å². The molecule has 0 fully saturated rings. The molecule has 0 atom stereocenters. The first kappa shape index (κ1) is 14.5. The molecule has 0 spiro atoms. The highest BCUT2D eigenvalue weighted by Gasteiger charge is 2.10. The zero-order chi connectivity index (χ0) is 14.5. The van der Waals surface area contributed by atoms with Gasteiger partial charge in [0.25, 0.3) is 5.91 Å². The Morgan fingerprint density at radius 1 is 1.40 bits per heavy atom. The highest BCUT2D eigenvalue weighted by atomic mass is 32.1. The second-order valence-electron chi connectivity index (χ2n) is 4.81. The fourth-order valence-electron chi connectivity index (χ4n) is 1.51. The first-order valence-corrected chi connectivity index (χ1v) is 7.20. The predicted octanol–water partition coefficient (Wildman–Crippen LogP) is 3.13. The monoisotopic (exact) mass is 291 g/mol. The number of benzene rings is 1. The molecule has 20 heavy (non-hydrogen) atoms. The molecule has 1 aromatic heterocycles. The van der Waals surface area contributed by atoms with Gasteiger partial charge in [-0.05, 0) is 31.0 Å². The van der Waals surface area contributed by atoms with Crippen molar-refractivity contribution in [2.24, 2.45) is 5.92 Å². The van der Waals surface area contributed by atoms with E-state index >= 15 is 0 Å². The first-order chi connectivity index (χ1) is 9.54. The van der Waals surface area contributed by atoms with E-state index in [1.165, 1.54) is 11.3 Å². The Kier molecular flexibility index (Phi) is 4.68. The number of carbonyl (C=O) groups excluding carboxylic acids is 1. The van der Waals surface area contributed by atoms with Gasteiger partial charge in [0.05, 0.1) is 6.61 Å². The van der Waals surface area contributed by atoms with E-state index in [9.17, 15) is 4.79 Å². The van der Waals surface area contributed by atoms with E-state index in [1.807, 2.05) is 13.0 Å². The van der Waals surface area contributed by atoms with Crippen LogP contribution in [0.5, 0.6) is 5.75 Å². The van der Waals surface area contributed by atoms with E-state index in [-0.39, 0.29) is 5.91 Å². The van der Waals surface area contributed by atoms with E-state index in [1.54, 1.807) is 18.2 Å². The van der Waals surface area contributed by atoms with Crippen LogP contribution in [0.25, 0.3) is 0 Å². The Balaban J connectivity index is 2.04. The summed E-state index contributed by atoms with van der Waals surface area (Å²) in [6, 6.07) is 7.11. The summed E-state index contributed by atoms with van der Waals surface area (Å²) < 4.78 is 5.61. The number of nitrogens with zero attached hydrogens (tertiary/aromatic N) is 2. The number of ether oxygens (including phenoxy) is 1. The Hall–Kier alpha value is -1.95. The largest absolute Gasteiger partial charge is 0.493 e. The minimum absolute atomic E-state index is 0.212. The van der Waals surface area contributed by atoms with Crippen LogP contribution in [0.2, 0.25) is 0 Å². The summed E-state index contributed by atoms with van der Waals surface area (Å²) in [7, 11) is 0. The average molecular weight is 291 g/mol. The molecule has 0 bridgehead atoms. The normalized spacial score (nSPS) is 10.6. The van der Waals surface area contributed by atoms with Gasteiger partial charge in [-0.25, -0.2) is 0 Å². The van der Waals surface area contributed by atoms with Crippen LogP contribution in [0.3, 0.4) is 0 Å². The van der Waals surface area contributed by atoms with E-state index in [0.29, 0.717) is 29.0 Å². The third-order valence-electron chi connectivity index (χ3n) is 2.43. The maximum atomic E-state index is 12.1. The third-order valence-corrected chi connectivity index (χ3v) is 3.18. The van der Waals surface area contributed by atoms with Crippen LogP contribution in [0.1, 0.15) is 29.2 Å². The lowest BCUT2D eigenvalue weighted by Crippen LogP contribution is -2.12. The minimum Gasteiger partial charge on any atom is -0.493 e. The molecule has 1 N–H and O–H groups in total. The molecule has 6 heteroatoms. The molecule has 2 rings (SSSR count). The number of amides is 1. The first-order valence-electron chi connectivity index (χ1n) is 6.39. The number of aromatic nitrogens is 2. The second-order valence-corrected chi connectivity index (χ2v) is 5.99. The van der Waals surface area contributed by atoms with Crippen LogP contribution < -0.4 is 10.1 Å². The lowest BCUT2D eigenvalue weighted by Gasteiger charge is -2.09. The van der Waals surface area contributed by atoms with Crippen molar-refractivity contribution in [3.05, 3.63) is 34.8 Å². The maximum absolute atomic E-state index is 12.1. The lowest BCUT2D eigenvalue weighted by molar-refractivity contribution is 0.102. The number of nitrogens with one attached hydrogen (secondary N) is 1. The lowest BCUT2D eigenvalue weighted by atomic mass is 10.2. The van der Waals surface area contributed by atoms with Crippen LogP contribution in [0.15, 0.2) is 24.3 Å². The molecular weight excluding hydrogens is 274 g/mol. The molecule has 2 aromatic rings. The summed E-state index contributed by atoms with van der Waals surface area (Å²) in [6.07, 6.45) is 0. The topological polar surface area (TPSA) is 64.1 Å². The zero-order valence-electron chi connectivity index (χ0n) is 11.7. The Bertz CT molecular complexity index is 596. The fraction of sp³-hybridized carbons (Fsp3) is 0.357. The molecule has 0 unspecified atom stereocenters. The quantitative estimate of drug-likeness (QED) is 0.919. The molecule has 5 nitrogen and oxygen atoms in total. The van der Waals surface area contributed by atoms with Gasteiger partial charge in [0.2, 0.25) is 5.13 Å². The number of carbonyl (C=O) groups is 1. The summed E-state index contributed by atoms with van der Waals surface area (Å²) in [4.78, 5) is 12.1. The van der Waals surface area contributed by atoms with Crippen molar-refractivity contribution in [2.75, 3.05) is 11.9 Å². The molecule has 0 aliphatic heterocycles. The Morgan fingerprint density at radius 3 is 2.85 bits per heavy atom. The standard InChI is InChI=1S/C14H17N3O2S/c1-9(2)8-19-12-6-4-5-11(7-12)13(18)15-14-17-16-10(3)20-14/h4-7,9H,8H2,1-3H3,(H,15,17,18). The zero-order valence-corrected chi connectivity index (χ0v) is 12.5. The van der Waals surface area contributed by atoms with Gasteiger partial charge in [0.15, 0.2) is 0 Å². The van der Waals surface area contributed by atoms with Crippen molar-refractivity contribution in [2.45, 2.75) is 20.8 Å². The number of rotatable bonds is 5. The van der Waals surface area contributed by atoms with Gasteiger partial charge in [0, 0.05) is 5.56 Å². The highest BCUT2D eigenvalue weighted by molar-refractivity contribution is 7.15. The van der Waals surface area contributed by atoms with E-state index in [0.717, 1.165) is 5.01 Å². The molecule has 0 aliphatic carbocycles. The van der Waals surface area contributed by atoms with Crippen LogP contribution >= 0.6 is 11.3 Å². The van der Waals surface area contributed by atoms with Crippen molar-refractivity contribution in [1.82, 2.24) is 10.2 Å². The molecule has 1 aromatic carbocycles. The van der Waals surface area contributed by atoms with Crippen LogP contribution in [-0.4, -0.2) is 22.7 Å². The van der Waals surface area contributed by atoms with Crippen molar-refractivity contribution in [1.29, 1.82) is 0 Å². The van der Waals surface area contributed by atoms with Crippen molar-refractivity contribution in [3.8, 4) is 5.75 Å². The molecule has 0 saturated carbocycles. The number of aryl methyl sites for hydroxylation is 1. The van der Waals surface area contributed by atoms with Gasteiger partial charge in [0.1, 0.15) is 10.8 Å². The second kappa shape index (κ2) is 6.47. The van der Waals surface area contributed by atoms with Gasteiger partial charge in [-0.2, -0.15) is 0 Å². The molecule has 106 valence electrons. The fourth-order valence-corrected chi connectivity index (χ4v) is 2.09. The van der Waals surface area contributed by atoms with E-state index in [2.05, 4.69) is 29.4 Å². The molecule has 0 radical (unpaired) electrons. The van der Waals surface area contributed by atoms with Gasteiger partial charge < -0.3 is 4.74 Å². The molecular formula is C14H17N3O2S. The highest BCUT2D eigenvalue weighted by Crippen LogP contribution is 2.18. The van der Waals surface area contributed by atoms with E-state index < -0.39 is 0 Å². The summed E-state index contributed by atoms with van der Waals surface area (Å²) in [5, 5.41) is 11.8. The van der Waals surface area contributed by atoms with Crippen LogP contribution in [0.4, 0.5) is 5.13 Å². The number of anilines is 1. The number of hydrogen-bond acceptors (Lipinski definition) is 5. The van der Waals surface area contributed by atoms with Crippen molar-refractivity contribution >= 4 is 22.4 Å². The van der Waals surface area contributed by atoms with Gasteiger partial charge >= 0.3 is 0 Å². The van der Waals surface area contributed by atoms with Crippen molar-refractivity contribution in [3.63, 3.8) is 0 Å². The Labute approximate surface area is 122 Å².